The van der Waals surface area contributed by atoms with Gasteiger partial charge in [0.05, 0.1) is 11.7 Å². The smallest absolute Gasteiger partial charge is 0.0708 e. The highest BCUT2D eigenvalue weighted by molar-refractivity contribution is 7.99. The molecule has 3 heteroatoms. The third-order valence-corrected chi connectivity index (χ3v) is 5.28. The second-order valence-electron chi connectivity index (χ2n) is 5.73. The summed E-state index contributed by atoms with van der Waals surface area (Å²) in [5.41, 5.74) is 0.287. The van der Waals surface area contributed by atoms with Crippen molar-refractivity contribution in [3.05, 3.63) is 0 Å². The summed E-state index contributed by atoms with van der Waals surface area (Å²) in [7, 11) is 0. The molecule has 1 saturated carbocycles. The van der Waals surface area contributed by atoms with Gasteiger partial charge in [0.15, 0.2) is 0 Å². The van der Waals surface area contributed by atoms with E-state index in [0.717, 1.165) is 13.1 Å². The van der Waals surface area contributed by atoms with Crippen LogP contribution in [0.4, 0.5) is 0 Å². The molecule has 1 heterocycles. The van der Waals surface area contributed by atoms with Gasteiger partial charge >= 0.3 is 0 Å². The van der Waals surface area contributed by atoms with Gasteiger partial charge in [0, 0.05) is 18.3 Å². The van der Waals surface area contributed by atoms with Crippen LogP contribution in [-0.4, -0.2) is 36.3 Å². The largest absolute Gasteiger partial charge is 0.370 e. The van der Waals surface area contributed by atoms with Crippen molar-refractivity contribution in [2.24, 2.45) is 0 Å². The first-order valence-electron chi connectivity index (χ1n) is 7.15. The number of rotatable bonds is 5. The van der Waals surface area contributed by atoms with Gasteiger partial charge < -0.3 is 10.1 Å². The van der Waals surface area contributed by atoms with Crippen molar-refractivity contribution in [2.45, 2.75) is 68.8 Å². The zero-order valence-corrected chi connectivity index (χ0v) is 12.2. The van der Waals surface area contributed by atoms with Crippen LogP contribution in [0.3, 0.4) is 0 Å². The number of nitrogens with one attached hydrogen (secondary N) is 1. The van der Waals surface area contributed by atoms with Crippen LogP contribution in [0.5, 0.6) is 0 Å². The molecule has 2 nitrogen and oxygen atoms in total. The highest BCUT2D eigenvalue weighted by Crippen LogP contribution is 2.41. The summed E-state index contributed by atoms with van der Waals surface area (Å²) < 4.78 is 6.34. The molecule has 0 radical (unpaired) electrons. The minimum absolute atomic E-state index is 0.287. The number of ether oxygens (including phenoxy) is 1. The molecule has 1 aliphatic carbocycles. The molecule has 2 fully saturated rings. The first kappa shape index (κ1) is 13.7. The molecule has 2 rings (SSSR count). The average molecular weight is 257 g/mol. The fourth-order valence-electron chi connectivity index (χ4n) is 3.13. The van der Waals surface area contributed by atoms with Crippen LogP contribution in [-0.2, 0) is 4.74 Å². The summed E-state index contributed by atoms with van der Waals surface area (Å²) >= 11 is 1.93. The van der Waals surface area contributed by atoms with E-state index in [-0.39, 0.29) is 5.60 Å². The molecule has 2 aliphatic rings. The molecule has 0 bridgehead atoms. The van der Waals surface area contributed by atoms with Crippen LogP contribution in [0.25, 0.3) is 0 Å². The lowest BCUT2D eigenvalue weighted by atomic mass is 9.83. The van der Waals surface area contributed by atoms with Crippen molar-refractivity contribution in [2.75, 3.05) is 19.3 Å². The Labute approximate surface area is 110 Å². The van der Waals surface area contributed by atoms with Crippen molar-refractivity contribution >= 4 is 11.8 Å². The Morgan fingerprint density at radius 2 is 2.06 bits per heavy atom. The predicted octanol–water partition coefficient (Wildman–Crippen LogP) is 3.21. The molecular formula is C14H27NOS. The fourth-order valence-corrected chi connectivity index (χ4v) is 3.42. The lowest BCUT2D eigenvalue weighted by Crippen LogP contribution is -2.35. The fraction of sp³-hybridized carbons (Fsp3) is 1.00. The molecule has 0 aromatic carbocycles. The quantitative estimate of drug-likeness (QED) is 0.817. The Balaban J connectivity index is 1.67. The Morgan fingerprint density at radius 3 is 2.76 bits per heavy atom. The van der Waals surface area contributed by atoms with E-state index in [4.69, 9.17) is 4.74 Å². The lowest BCUT2D eigenvalue weighted by molar-refractivity contribution is -0.0622. The van der Waals surface area contributed by atoms with Crippen LogP contribution in [0.15, 0.2) is 0 Å². The van der Waals surface area contributed by atoms with E-state index in [1.807, 2.05) is 11.8 Å². The van der Waals surface area contributed by atoms with E-state index in [1.165, 1.54) is 44.9 Å². The highest BCUT2D eigenvalue weighted by Gasteiger charge is 2.40. The average Bonchev–Trinajstić information content (AvgIpc) is 2.73. The summed E-state index contributed by atoms with van der Waals surface area (Å²) in [6, 6.07) is 0. The van der Waals surface area contributed by atoms with Gasteiger partial charge in [-0.25, -0.2) is 0 Å². The Morgan fingerprint density at radius 1 is 1.29 bits per heavy atom. The molecule has 0 aromatic heterocycles. The lowest BCUT2D eigenvalue weighted by Gasteiger charge is -2.33. The third-order valence-electron chi connectivity index (χ3n) is 4.31. The van der Waals surface area contributed by atoms with Crippen molar-refractivity contribution < 1.29 is 4.74 Å². The second-order valence-corrected chi connectivity index (χ2v) is 7.00. The zero-order chi connectivity index (χ0) is 12.1. The SMILES string of the molecule is CSC(C)CNCC1CCC2(CCCCC2)O1. The van der Waals surface area contributed by atoms with Gasteiger partial charge in [0.1, 0.15) is 0 Å². The number of hydrogen-bond donors (Lipinski definition) is 1. The third kappa shape index (κ3) is 3.87. The van der Waals surface area contributed by atoms with E-state index >= 15 is 0 Å². The van der Waals surface area contributed by atoms with Crippen LogP contribution in [0, 0.1) is 0 Å². The summed E-state index contributed by atoms with van der Waals surface area (Å²) in [6.07, 6.45) is 12.0. The zero-order valence-electron chi connectivity index (χ0n) is 11.3. The van der Waals surface area contributed by atoms with Gasteiger partial charge in [0.25, 0.3) is 0 Å². The van der Waals surface area contributed by atoms with Crippen LogP contribution < -0.4 is 5.32 Å². The maximum Gasteiger partial charge on any atom is 0.0708 e. The molecule has 0 aromatic rings. The Bertz CT molecular complexity index is 228. The minimum atomic E-state index is 0.287. The van der Waals surface area contributed by atoms with Crippen molar-refractivity contribution in [3.63, 3.8) is 0 Å². The van der Waals surface area contributed by atoms with E-state index in [0.29, 0.717) is 11.4 Å². The molecule has 2 unspecified atom stereocenters. The van der Waals surface area contributed by atoms with Crippen molar-refractivity contribution in [1.29, 1.82) is 0 Å². The molecule has 1 spiro atoms. The number of thioether (sulfide) groups is 1. The predicted molar refractivity (Wildman–Crippen MR) is 75.8 cm³/mol. The topological polar surface area (TPSA) is 21.3 Å². The van der Waals surface area contributed by atoms with Crippen LogP contribution in [0.1, 0.15) is 51.9 Å². The van der Waals surface area contributed by atoms with Gasteiger partial charge in [-0.3, -0.25) is 0 Å². The summed E-state index contributed by atoms with van der Waals surface area (Å²) in [5, 5.41) is 4.26. The molecule has 1 saturated heterocycles. The van der Waals surface area contributed by atoms with Gasteiger partial charge in [-0.1, -0.05) is 26.2 Å². The first-order chi connectivity index (χ1) is 8.24. The molecular weight excluding hydrogens is 230 g/mol. The molecule has 1 aliphatic heterocycles. The second kappa shape index (κ2) is 6.44. The van der Waals surface area contributed by atoms with Crippen LogP contribution in [0.2, 0.25) is 0 Å². The first-order valence-corrected chi connectivity index (χ1v) is 8.44. The van der Waals surface area contributed by atoms with E-state index < -0.39 is 0 Å². The normalized spacial score (nSPS) is 29.6. The Kier molecular flexibility index (Phi) is 5.19. The summed E-state index contributed by atoms with van der Waals surface area (Å²) in [4.78, 5) is 0. The maximum absolute atomic E-state index is 6.34. The van der Waals surface area contributed by atoms with Gasteiger partial charge in [-0.15, -0.1) is 0 Å². The molecule has 2 atom stereocenters. The molecule has 0 amide bonds. The molecule has 1 N–H and O–H groups in total. The van der Waals surface area contributed by atoms with Gasteiger partial charge in [0.2, 0.25) is 0 Å². The van der Waals surface area contributed by atoms with Gasteiger partial charge in [-0.2, -0.15) is 11.8 Å². The van der Waals surface area contributed by atoms with E-state index in [2.05, 4.69) is 18.5 Å². The highest BCUT2D eigenvalue weighted by atomic mass is 32.2. The van der Waals surface area contributed by atoms with Crippen molar-refractivity contribution in [1.82, 2.24) is 5.32 Å². The van der Waals surface area contributed by atoms with Crippen LogP contribution >= 0.6 is 11.8 Å². The maximum atomic E-state index is 6.34. The Hall–Kier alpha value is 0.270. The van der Waals surface area contributed by atoms with Gasteiger partial charge in [-0.05, 0) is 31.9 Å². The minimum Gasteiger partial charge on any atom is -0.370 e. The number of hydrogen-bond acceptors (Lipinski definition) is 3. The van der Waals surface area contributed by atoms with E-state index in [1.54, 1.807) is 0 Å². The van der Waals surface area contributed by atoms with Crippen molar-refractivity contribution in [3.8, 4) is 0 Å². The molecule has 100 valence electrons. The van der Waals surface area contributed by atoms with E-state index in [9.17, 15) is 0 Å². The standard InChI is InChI=1S/C14H27NOS/c1-12(17-2)10-15-11-13-6-9-14(16-13)7-4-3-5-8-14/h12-13,15H,3-11H2,1-2H3. The summed E-state index contributed by atoms with van der Waals surface area (Å²) in [6.45, 7) is 4.43. The molecule has 17 heavy (non-hydrogen) atoms. The summed E-state index contributed by atoms with van der Waals surface area (Å²) in [5.74, 6) is 0. The monoisotopic (exact) mass is 257 g/mol.